The van der Waals surface area contributed by atoms with Gasteiger partial charge in [0, 0.05) is 17.0 Å². The molecule has 1 nitrogen and oxygen atoms in total. The first-order valence-corrected chi connectivity index (χ1v) is 6.98. The largest absolute Gasteiger partial charge is 0.316 e. The fourth-order valence-corrected chi connectivity index (χ4v) is 2.29. The zero-order valence-corrected chi connectivity index (χ0v) is 12.5. The minimum absolute atomic E-state index is 0.0497. The van der Waals surface area contributed by atoms with Crippen LogP contribution in [0.3, 0.4) is 0 Å². The topological polar surface area (TPSA) is 12.0 Å². The molecule has 0 saturated heterocycles. The molecule has 0 radical (unpaired) electrons. The van der Waals surface area contributed by atoms with E-state index >= 15 is 0 Å². The van der Waals surface area contributed by atoms with E-state index in [9.17, 15) is 0 Å². The predicted octanol–water partition coefficient (Wildman–Crippen LogP) is 4.38. The molecule has 1 unspecified atom stereocenters. The Labute approximate surface area is 116 Å². The maximum Gasteiger partial charge on any atom is 0.0440 e. The van der Waals surface area contributed by atoms with Crippen molar-refractivity contribution in [3.8, 4) is 0 Å². The maximum absolute atomic E-state index is 6.30. The van der Waals surface area contributed by atoms with E-state index in [4.69, 9.17) is 11.6 Å². The number of benzene rings is 1. The van der Waals surface area contributed by atoms with Crippen molar-refractivity contribution in [2.24, 2.45) is 5.41 Å². The SMILES string of the molecule is C=CC(C)(CNCCC)Cc1ccc(C)cc1Cl. The zero-order valence-electron chi connectivity index (χ0n) is 11.7. The molecule has 0 heterocycles. The second-order valence-corrected chi connectivity index (χ2v) is 5.71. The predicted molar refractivity (Wildman–Crippen MR) is 81.4 cm³/mol. The fourth-order valence-electron chi connectivity index (χ4n) is 1.99. The highest BCUT2D eigenvalue weighted by molar-refractivity contribution is 6.31. The van der Waals surface area contributed by atoms with Gasteiger partial charge in [-0.3, -0.25) is 0 Å². The molecular weight excluding hydrogens is 242 g/mol. The number of hydrogen-bond donors (Lipinski definition) is 1. The summed E-state index contributed by atoms with van der Waals surface area (Å²) >= 11 is 6.30. The lowest BCUT2D eigenvalue weighted by atomic mass is 9.83. The third kappa shape index (κ3) is 4.47. The molecule has 0 aromatic heterocycles. The monoisotopic (exact) mass is 265 g/mol. The van der Waals surface area contributed by atoms with Crippen LogP contribution in [0.15, 0.2) is 30.9 Å². The Bertz CT molecular complexity index is 400. The van der Waals surface area contributed by atoms with E-state index in [-0.39, 0.29) is 5.41 Å². The number of halogens is 1. The molecule has 1 atom stereocenters. The summed E-state index contributed by atoms with van der Waals surface area (Å²) in [6, 6.07) is 6.27. The standard InChI is InChI=1S/C16H24ClN/c1-5-9-18-12-16(4,6-2)11-14-8-7-13(3)10-15(14)17/h6-8,10,18H,2,5,9,11-12H2,1,3-4H3. The quantitative estimate of drug-likeness (QED) is 0.570. The molecule has 0 saturated carbocycles. The second kappa shape index (κ2) is 6.96. The van der Waals surface area contributed by atoms with Crippen molar-refractivity contribution >= 4 is 11.6 Å². The highest BCUT2D eigenvalue weighted by Crippen LogP contribution is 2.28. The summed E-state index contributed by atoms with van der Waals surface area (Å²) in [6.07, 6.45) is 4.11. The molecule has 1 aromatic carbocycles. The molecule has 2 heteroatoms. The molecular formula is C16H24ClN. The first-order valence-electron chi connectivity index (χ1n) is 6.60. The van der Waals surface area contributed by atoms with Crippen LogP contribution in [-0.2, 0) is 6.42 Å². The van der Waals surface area contributed by atoms with Crippen LogP contribution in [-0.4, -0.2) is 13.1 Å². The van der Waals surface area contributed by atoms with Crippen LogP contribution >= 0.6 is 11.6 Å². The zero-order chi connectivity index (χ0) is 13.6. The van der Waals surface area contributed by atoms with Gasteiger partial charge >= 0.3 is 0 Å². The highest BCUT2D eigenvalue weighted by atomic mass is 35.5. The third-order valence-electron chi connectivity index (χ3n) is 3.25. The van der Waals surface area contributed by atoms with Crippen LogP contribution in [0.4, 0.5) is 0 Å². The summed E-state index contributed by atoms with van der Waals surface area (Å²) in [5.41, 5.74) is 2.45. The number of aryl methyl sites for hydroxylation is 1. The van der Waals surface area contributed by atoms with Gasteiger partial charge in [-0.15, -0.1) is 6.58 Å². The molecule has 0 spiro atoms. The van der Waals surface area contributed by atoms with E-state index in [1.807, 2.05) is 12.1 Å². The first kappa shape index (κ1) is 15.3. The second-order valence-electron chi connectivity index (χ2n) is 5.31. The number of hydrogen-bond acceptors (Lipinski definition) is 1. The van der Waals surface area contributed by atoms with E-state index < -0.39 is 0 Å². The Hall–Kier alpha value is -0.790. The molecule has 0 aliphatic rings. The molecule has 1 rings (SSSR count). The van der Waals surface area contributed by atoms with Crippen LogP contribution in [0.5, 0.6) is 0 Å². The Morgan fingerprint density at radius 1 is 1.44 bits per heavy atom. The van der Waals surface area contributed by atoms with E-state index in [1.165, 1.54) is 11.1 Å². The average molecular weight is 266 g/mol. The lowest BCUT2D eigenvalue weighted by molar-refractivity contribution is 0.391. The van der Waals surface area contributed by atoms with E-state index in [2.05, 4.69) is 44.8 Å². The maximum atomic E-state index is 6.30. The minimum atomic E-state index is 0.0497. The minimum Gasteiger partial charge on any atom is -0.316 e. The van der Waals surface area contributed by atoms with Gasteiger partial charge in [0.05, 0.1) is 0 Å². The summed E-state index contributed by atoms with van der Waals surface area (Å²) in [4.78, 5) is 0. The van der Waals surface area contributed by atoms with Crippen molar-refractivity contribution < 1.29 is 0 Å². The molecule has 0 aliphatic heterocycles. The summed E-state index contributed by atoms with van der Waals surface area (Å²) < 4.78 is 0. The van der Waals surface area contributed by atoms with Gasteiger partial charge in [0.1, 0.15) is 0 Å². The lowest BCUT2D eigenvalue weighted by Crippen LogP contribution is -2.32. The van der Waals surface area contributed by atoms with E-state index in [1.54, 1.807) is 0 Å². The van der Waals surface area contributed by atoms with Gasteiger partial charge in [-0.05, 0) is 43.5 Å². The molecule has 18 heavy (non-hydrogen) atoms. The summed E-state index contributed by atoms with van der Waals surface area (Å²) in [7, 11) is 0. The fraction of sp³-hybridized carbons (Fsp3) is 0.500. The Morgan fingerprint density at radius 2 is 2.17 bits per heavy atom. The number of rotatable bonds is 7. The molecule has 0 fully saturated rings. The van der Waals surface area contributed by atoms with Crippen molar-refractivity contribution in [2.45, 2.75) is 33.6 Å². The van der Waals surface area contributed by atoms with Crippen molar-refractivity contribution in [2.75, 3.05) is 13.1 Å². The van der Waals surface area contributed by atoms with Gasteiger partial charge in [-0.2, -0.15) is 0 Å². The molecule has 1 N–H and O–H groups in total. The third-order valence-corrected chi connectivity index (χ3v) is 3.60. The first-order chi connectivity index (χ1) is 8.50. The summed E-state index contributed by atoms with van der Waals surface area (Å²) in [5.74, 6) is 0. The van der Waals surface area contributed by atoms with E-state index in [0.717, 1.165) is 31.0 Å². The van der Waals surface area contributed by atoms with Crippen LogP contribution in [0.1, 0.15) is 31.4 Å². The van der Waals surface area contributed by atoms with Crippen LogP contribution < -0.4 is 5.32 Å². The Morgan fingerprint density at radius 3 is 2.72 bits per heavy atom. The average Bonchev–Trinajstić information content (AvgIpc) is 2.33. The van der Waals surface area contributed by atoms with Crippen LogP contribution in [0.2, 0.25) is 5.02 Å². The van der Waals surface area contributed by atoms with Crippen molar-refractivity contribution in [1.82, 2.24) is 5.32 Å². The van der Waals surface area contributed by atoms with E-state index in [0.29, 0.717) is 0 Å². The number of nitrogens with one attached hydrogen (secondary N) is 1. The van der Waals surface area contributed by atoms with Gasteiger partial charge in [-0.25, -0.2) is 0 Å². The lowest BCUT2D eigenvalue weighted by Gasteiger charge is -2.27. The van der Waals surface area contributed by atoms with Gasteiger partial charge in [0.15, 0.2) is 0 Å². The van der Waals surface area contributed by atoms with Gasteiger partial charge in [0.2, 0.25) is 0 Å². The normalized spacial score (nSPS) is 14.2. The molecule has 1 aromatic rings. The van der Waals surface area contributed by atoms with Gasteiger partial charge in [-0.1, -0.05) is 43.7 Å². The molecule has 0 bridgehead atoms. The summed E-state index contributed by atoms with van der Waals surface area (Å²) in [6.45, 7) is 12.4. The Kier molecular flexibility index (Phi) is 5.90. The molecule has 100 valence electrons. The highest BCUT2D eigenvalue weighted by Gasteiger charge is 2.21. The van der Waals surface area contributed by atoms with Crippen molar-refractivity contribution in [3.63, 3.8) is 0 Å². The van der Waals surface area contributed by atoms with Gasteiger partial charge in [0.25, 0.3) is 0 Å². The van der Waals surface area contributed by atoms with Crippen molar-refractivity contribution in [1.29, 1.82) is 0 Å². The van der Waals surface area contributed by atoms with Crippen LogP contribution in [0, 0.1) is 12.3 Å². The Balaban J connectivity index is 2.74. The molecule has 0 amide bonds. The molecule has 0 aliphatic carbocycles. The smallest absolute Gasteiger partial charge is 0.0440 e. The van der Waals surface area contributed by atoms with Gasteiger partial charge < -0.3 is 5.32 Å². The van der Waals surface area contributed by atoms with Crippen molar-refractivity contribution in [3.05, 3.63) is 47.0 Å². The summed E-state index contributed by atoms with van der Waals surface area (Å²) in [5, 5.41) is 4.32. The van der Waals surface area contributed by atoms with Crippen LogP contribution in [0.25, 0.3) is 0 Å².